The van der Waals surface area contributed by atoms with Crippen LogP contribution in [0.5, 0.6) is 0 Å². The van der Waals surface area contributed by atoms with Crippen molar-refractivity contribution in [1.29, 1.82) is 0 Å². The SMILES string of the molecule is N[C@H](C(=O)O)c1ccccc1.N[C@H](C(=O)O)c1ccccc1.[Ru+3].c1ccc(P(c2ccccc2)c2ccc3ccccc3c2-c2c(P(c3ccccc3)c3ccccc3)ccc3ccccc23)cc1. The van der Waals surface area contributed by atoms with E-state index in [2.05, 4.69) is 194 Å². The standard InChI is InChI=1S/C44H32P2.2C8H9NO2.Ru/c1-5-19-35(20-6-1)45(36-21-7-2-8-22-36)41-31-29-33-17-13-15-27-39(33)43(41)44-40-28-16-14-18-34(40)30-32-42(44)46(37-23-9-3-10-24-37)38-25-11-4-12-26-38;2*9-7(8(10)11)6-4-2-1-3-5-6;/h1-32H;2*1-5,7H,9H2,(H,10,11);/q;;;+3/t;2*7-;/m.00./s1. The van der Waals surface area contributed by atoms with E-state index in [0.717, 1.165) is 0 Å². The molecule has 0 aliphatic heterocycles. The number of carboxylic acid groups (broad SMARTS) is 2. The number of aliphatic carboxylic acids is 2. The van der Waals surface area contributed by atoms with Gasteiger partial charge in [0.25, 0.3) is 0 Å². The molecule has 0 bridgehead atoms. The molecule has 0 amide bonds. The zero-order valence-corrected chi connectivity index (χ0v) is 41.0. The molecule has 6 N–H and O–H groups in total. The van der Waals surface area contributed by atoms with Crippen LogP contribution in [-0.2, 0) is 29.1 Å². The van der Waals surface area contributed by atoms with Gasteiger partial charge in [-0.2, -0.15) is 0 Å². The smallest absolute Gasteiger partial charge is 0.480 e. The first kappa shape index (κ1) is 50.0. The van der Waals surface area contributed by atoms with Crippen LogP contribution in [0.2, 0.25) is 0 Å². The van der Waals surface area contributed by atoms with Crippen LogP contribution in [0, 0.1) is 0 Å². The molecule has 10 aromatic carbocycles. The van der Waals surface area contributed by atoms with Gasteiger partial charge in [-0.05, 0) is 91.5 Å². The molecule has 69 heavy (non-hydrogen) atoms. The van der Waals surface area contributed by atoms with Crippen molar-refractivity contribution in [3.05, 3.63) is 266 Å². The minimum absolute atomic E-state index is 0. The molecule has 9 heteroatoms. The van der Waals surface area contributed by atoms with Gasteiger partial charge in [0, 0.05) is 0 Å². The van der Waals surface area contributed by atoms with Crippen molar-refractivity contribution >= 4 is 81.2 Å². The van der Waals surface area contributed by atoms with Crippen molar-refractivity contribution in [3.8, 4) is 11.1 Å². The summed E-state index contributed by atoms with van der Waals surface area (Å²) in [4.78, 5) is 20.7. The quantitative estimate of drug-likeness (QED) is 0.0755. The molecule has 10 rings (SSSR count). The van der Waals surface area contributed by atoms with Gasteiger partial charge in [-0.1, -0.05) is 255 Å². The molecule has 339 valence electrons. The maximum Gasteiger partial charge on any atom is 3.00 e. The Labute approximate surface area is 418 Å². The molecular weight excluding hydrogens is 976 g/mol. The zero-order valence-electron chi connectivity index (χ0n) is 37.5. The topological polar surface area (TPSA) is 127 Å². The number of carboxylic acids is 2. The number of carbonyl (C=O) groups is 2. The van der Waals surface area contributed by atoms with Gasteiger partial charge in [-0.15, -0.1) is 0 Å². The summed E-state index contributed by atoms with van der Waals surface area (Å²) >= 11 is 0. The van der Waals surface area contributed by atoms with Crippen LogP contribution in [0.25, 0.3) is 32.7 Å². The van der Waals surface area contributed by atoms with Crippen molar-refractivity contribution in [2.24, 2.45) is 11.5 Å². The molecule has 0 aromatic heterocycles. The molecule has 6 nitrogen and oxygen atoms in total. The minimum atomic E-state index is -1.00. The third kappa shape index (κ3) is 12.0. The summed E-state index contributed by atoms with van der Waals surface area (Å²) in [6, 6.07) is 87.5. The summed E-state index contributed by atoms with van der Waals surface area (Å²) in [6.45, 7) is 0. The number of rotatable bonds is 11. The van der Waals surface area contributed by atoms with E-state index < -0.39 is 39.9 Å². The van der Waals surface area contributed by atoms with E-state index >= 15 is 0 Å². The fraction of sp³-hybridized carbons (Fsp3) is 0.0333. The van der Waals surface area contributed by atoms with Gasteiger partial charge in [-0.3, -0.25) is 9.59 Å². The maximum absolute atomic E-state index is 10.4. The first-order valence-electron chi connectivity index (χ1n) is 22.2. The summed E-state index contributed by atoms with van der Waals surface area (Å²) < 4.78 is 0. The van der Waals surface area contributed by atoms with Crippen molar-refractivity contribution in [2.45, 2.75) is 12.1 Å². The Hall–Kier alpha value is -6.94. The number of hydrogen-bond acceptors (Lipinski definition) is 4. The maximum atomic E-state index is 10.4. The molecule has 0 aliphatic rings. The zero-order chi connectivity index (χ0) is 47.2. The molecule has 0 saturated heterocycles. The number of hydrogen-bond donors (Lipinski definition) is 4. The molecule has 0 heterocycles. The average molecular weight is 1030 g/mol. The molecule has 0 fully saturated rings. The van der Waals surface area contributed by atoms with Gasteiger partial charge in [0.1, 0.15) is 12.1 Å². The van der Waals surface area contributed by atoms with E-state index in [0.29, 0.717) is 11.1 Å². The van der Waals surface area contributed by atoms with Crippen LogP contribution in [0.15, 0.2) is 255 Å². The van der Waals surface area contributed by atoms with Gasteiger partial charge < -0.3 is 21.7 Å². The third-order valence-electron chi connectivity index (χ3n) is 11.5. The van der Waals surface area contributed by atoms with Crippen molar-refractivity contribution in [1.82, 2.24) is 0 Å². The Morgan fingerprint density at radius 2 is 0.580 bits per heavy atom. The second-order valence-corrected chi connectivity index (χ2v) is 20.2. The van der Waals surface area contributed by atoms with Crippen LogP contribution in [0.1, 0.15) is 23.2 Å². The van der Waals surface area contributed by atoms with Crippen molar-refractivity contribution in [3.63, 3.8) is 0 Å². The molecular formula is C60H50N2O4P2Ru+3. The first-order chi connectivity index (χ1) is 33.3. The summed E-state index contributed by atoms with van der Waals surface area (Å²) in [6.07, 6.45) is 0. The summed E-state index contributed by atoms with van der Waals surface area (Å²) in [7, 11) is -1.70. The van der Waals surface area contributed by atoms with Gasteiger partial charge in [0.05, 0.1) is 0 Å². The van der Waals surface area contributed by atoms with Gasteiger partial charge in [-0.25, -0.2) is 0 Å². The Morgan fingerprint density at radius 3 is 0.855 bits per heavy atom. The number of benzene rings is 10. The molecule has 0 unspecified atom stereocenters. The number of fused-ring (bicyclic) bond motifs is 2. The second-order valence-electron chi connectivity index (χ2n) is 15.8. The van der Waals surface area contributed by atoms with Gasteiger partial charge in [0.2, 0.25) is 0 Å². The Bertz CT molecular complexity index is 2930. The van der Waals surface area contributed by atoms with E-state index in [1.54, 1.807) is 48.5 Å². The predicted octanol–water partition coefficient (Wildman–Crippen LogP) is 10.7. The first-order valence-corrected chi connectivity index (χ1v) is 24.9. The largest absolute Gasteiger partial charge is 3.00 e. The average Bonchev–Trinajstić information content (AvgIpc) is 3.40. The minimum Gasteiger partial charge on any atom is -0.480 e. The van der Waals surface area contributed by atoms with E-state index in [1.807, 2.05) is 12.1 Å². The van der Waals surface area contributed by atoms with Crippen LogP contribution >= 0.6 is 15.8 Å². The normalized spacial score (nSPS) is 11.6. The fourth-order valence-corrected chi connectivity index (χ4v) is 13.1. The summed E-state index contributed by atoms with van der Waals surface area (Å²) in [5.41, 5.74) is 14.6. The fourth-order valence-electron chi connectivity index (χ4n) is 8.19. The van der Waals surface area contributed by atoms with E-state index in [1.165, 1.54) is 64.5 Å². The molecule has 0 saturated carbocycles. The Balaban J connectivity index is 0.000000252. The second kappa shape index (κ2) is 24.4. The van der Waals surface area contributed by atoms with Crippen LogP contribution in [0.4, 0.5) is 0 Å². The van der Waals surface area contributed by atoms with E-state index in [4.69, 9.17) is 21.7 Å². The van der Waals surface area contributed by atoms with Gasteiger partial charge in [0.15, 0.2) is 0 Å². The van der Waals surface area contributed by atoms with Crippen LogP contribution < -0.4 is 43.3 Å². The summed E-state index contributed by atoms with van der Waals surface area (Å²) in [5, 5.41) is 30.4. The molecule has 0 spiro atoms. The predicted molar refractivity (Wildman–Crippen MR) is 286 cm³/mol. The monoisotopic (exact) mass is 1030 g/mol. The van der Waals surface area contributed by atoms with Crippen molar-refractivity contribution in [2.75, 3.05) is 0 Å². The van der Waals surface area contributed by atoms with Crippen LogP contribution in [-0.4, -0.2) is 22.2 Å². The van der Waals surface area contributed by atoms with Crippen LogP contribution in [0.3, 0.4) is 0 Å². The van der Waals surface area contributed by atoms with E-state index in [9.17, 15) is 9.59 Å². The molecule has 10 aromatic rings. The van der Waals surface area contributed by atoms with E-state index in [-0.39, 0.29) is 19.5 Å². The van der Waals surface area contributed by atoms with Crippen molar-refractivity contribution < 1.29 is 39.3 Å². The summed E-state index contributed by atoms with van der Waals surface area (Å²) in [5.74, 6) is -2.01. The third-order valence-corrected chi connectivity index (χ3v) is 16.4. The molecule has 2 atom stereocenters. The van der Waals surface area contributed by atoms with Gasteiger partial charge >= 0.3 is 31.4 Å². The Kier molecular flexibility index (Phi) is 17.6. The number of nitrogens with two attached hydrogens (primary N) is 2. The Morgan fingerprint density at radius 1 is 0.333 bits per heavy atom. The molecule has 1 radical (unpaired) electrons. The molecule has 0 aliphatic carbocycles.